The number of ether oxygens (including phenoxy) is 1. The van der Waals surface area contributed by atoms with Gasteiger partial charge < -0.3 is 15.0 Å². The molecule has 1 aliphatic carbocycles. The van der Waals surface area contributed by atoms with Crippen LogP contribution in [0.15, 0.2) is 40.1 Å². The Morgan fingerprint density at radius 3 is 2.83 bits per heavy atom. The number of hydrogen-bond donors (Lipinski definition) is 1. The Hall–Kier alpha value is -2.08. The van der Waals surface area contributed by atoms with Gasteiger partial charge in [0.15, 0.2) is 0 Å². The monoisotopic (exact) mass is 330 g/mol. The minimum Gasteiger partial charge on any atom is -0.466 e. The smallest absolute Gasteiger partial charge is 0.336 e. The number of hydrogen-bond acceptors (Lipinski definition) is 5. The topological polar surface area (TPSA) is 58.6 Å². The lowest BCUT2D eigenvalue weighted by atomic mass is 9.85. The molecule has 23 heavy (non-hydrogen) atoms. The third-order valence-corrected chi connectivity index (χ3v) is 5.62. The third kappa shape index (κ3) is 2.20. The van der Waals surface area contributed by atoms with Crippen molar-refractivity contribution in [2.75, 3.05) is 13.7 Å². The molecule has 5 nitrogen and oxygen atoms in total. The van der Waals surface area contributed by atoms with Crippen LogP contribution in [0.2, 0.25) is 0 Å². The second kappa shape index (κ2) is 5.23. The molecule has 1 saturated carbocycles. The molecule has 6 heteroatoms. The molecule has 3 aliphatic rings. The molecule has 1 unspecified atom stereocenters. The third-order valence-electron chi connectivity index (χ3n) is 4.69. The van der Waals surface area contributed by atoms with E-state index in [2.05, 4.69) is 5.32 Å². The minimum atomic E-state index is -0.377. The van der Waals surface area contributed by atoms with E-state index >= 15 is 0 Å². The van der Waals surface area contributed by atoms with E-state index in [1.807, 2.05) is 29.3 Å². The van der Waals surface area contributed by atoms with E-state index in [9.17, 15) is 9.59 Å². The molecule has 1 N–H and O–H groups in total. The van der Waals surface area contributed by atoms with Crippen molar-refractivity contribution in [2.45, 2.75) is 31.7 Å². The second-order valence-electron chi connectivity index (χ2n) is 6.16. The molecule has 1 aromatic heterocycles. The number of nitrogens with zero attached hydrogens (tertiary/aromatic N) is 1. The van der Waals surface area contributed by atoms with Gasteiger partial charge in [-0.1, -0.05) is 6.07 Å². The summed E-state index contributed by atoms with van der Waals surface area (Å²) >= 11 is 1.56. The fourth-order valence-electron chi connectivity index (χ4n) is 3.47. The van der Waals surface area contributed by atoms with Gasteiger partial charge in [0, 0.05) is 22.3 Å². The Kier molecular flexibility index (Phi) is 3.30. The number of esters is 1. The van der Waals surface area contributed by atoms with Gasteiger partial charge in [-0.3, -0.25) is 4.79 Å². The van der Waals surface area contributed by atoms with Crippen LogP contribution in [0.3, 0.4) is 0 Å². The Balaban J connectivity index is 1.81. The largest absolute Gasteiger partial charge is 0.466 e. The Morgan fingerprint density at radius 2 is 2.22 bits per heavy atom. The van der Waals surface area contributed by atoms with Crippen molar-refractivity contribution < 1.29 is 14.3 Å². The van der Waals surface area contributed by atoms with Gasteiger partial charge in [-0.05, 0) is 31.2 Å². The van der Waals surface area contributed by atoms with Crippen LogP contribution in [-0.4, -0.2) is 36.5 Å². The molecule has 2 aliphatic heterocycles. The molecule has 0 radical (unpaired) electrons. The molecule has 3 heterocycles. The lowest BCUT2D eigenvalue weighted by Gasteiger charge is -2.27. The number of carbonyl (C=O) groups is 2. The maximum absolute atomic E-state index is 12.9. The fourth-order valence-corrected chi connectivity index (χ4v) is 4.32. The Morgan fingerprint density at radius 1 is 1.43 bits per heavy atom. The number of carbonyl (C=O) groups excluding carboxylic acids is 2. The zero-order valence-corrected chi connectivity index (χ0v) is 13.9. The van der Waals surface area contributed by atoms with Crippen molar-refractivity contribution in [1.29, 1.82) is 0 Å². The first-order chi connectivity index (χ1) is 11.1. The number of allylic oxidation sites excluding steroid dienone is 1. The van der Waals surface area contributed by atoms with Crippen LogP contribution >= 0.6 is 11.3 Å². The summed E-state index contributed by atoms with van der Waals surface area (Å²) in [4.78, 5) is 28.2. The summed E-state index contributed by atoms with van der Waals surface area (Å²) in [5, 5.41) is 5.25. The number of amides is 1. The first-order valence-corrected chi connectivity index (χ1v) is 8.63. The van der Waals surface area contributed by atoms with Crippen molar-refractivity contribution in [3.05, 3.63) is 44.9 Å². The van der Waals surface area contributed by atoms with E-state index in [-0.39, 0.29) is 17.8 Å². The molecular formula is C17H18N2O3S. The van der Waals surface area contributed by atoms with Crippen LogP contribution in [0, 0.1) is 0 Å². The highest BCUT2D eigenvalue weighted by atomic mass is 32.1. The molecule has 1 atom stereocenters. The van der Waals surface area contributed by atoms with Gasteiger partial charge in [-0.25, -0.2) is 4.79 Å². The first kappa shape index (κ1) is 14.5. The van der Waals surface area contributed by atoms with Crippen molar-refractivity contribution in [2.24, 2.45) is 0 Å². The van der Waals surface area contributed by atoms with Gasteiger partial charge in [0.1, 0.15) is 0 Å². The molecule has 0 spiro atoms. The van der Waals surface area contributed by atoms with Crippen molar-refractivity contribution in [3.63, 3.8) is 0 Å². The zero-order chi connectivity index (χ0) is 16.1. The lowest BCUT2D eigenvalue weighted by molar-refractivity contribution is -0.136. The van der Waals surface area contributed by atoms with Crippen molar-refractivity contribution in [1.82, 2.24) is 10.2 Å². The Labute approximate surface area is 138 Å². The van der Waals surface area contributed by atoms with Gasteiger partial charge in [-0.2, -0.15) is 0 Å². The number of rotatable bonds is 3. The second-order valence-corrected chi connectivity index (χ2v) is 7.14. The number of thiophene rings is 1. The summed E-state index contributed by atoms with van der Waals surface area (Å²) in [5.74, 6) is -0.644. The van der Waals surface area contributed by atoms with Crippen molar-refractivity contribution >= 4 is 23.2 Å². The zero-order valence-electron chi connectivity index (χ0n) is 13.1. The normalized spacial score (nSPS) is 24.0. The van der Waals surface area contributed by atoms with Gasteiger partial charge in [0.2, 0.25) is 0 Å². The quantitative estimate of drug-likeness (QED) is 0.863. The molecule has 120 valence electrons. The van der Waals surface area contributed by atoms with Gasteiger partial charge in [-0.15, -0.1) is 11.3 Å². The molecule has 0 bridgehead atoms. The minimum absolute atomic E-state index is 0.0577. The average molecular weight is 330 g/mol. The highest BCUT2D eigenvalue weighted by molar-refractivity contribution is 7.10. The molecule has 0 aromatic carbocycles. The summed E-state index contributed by atoms with van der Waals surface area (Å²) in [5.41, 5.74) is 2.97. The van der Waals surface area contributed by atoms with Crippen LogP contribution < -0.4 is 5.32 Å². The molecule has 1 fully saturated rings. The molecule has 1 aromatic rings. The average Bonchev–Trinajstić information content (AvgIpc) is 3.13. The van der Waals surface area contributed by atoms with Gasteiger partial charge in [0.05, 0.1) is 30.7 Å². The van der Waals surface area contributed by atoms with Crippen LogP contribution in [0.25, 0.3) is 0 Å². The predicted molar refractivity (Wildman–Crippen MR) is 86.7 cm³/mol. The van der Waals surface area contributed by atoms with E-state index in [1.165, 1.54) is 7.11 Å². The van der Waals surface area contributed by atoms with Crippen molar-refractivity contribution in [3.8, 4) is 0 Å². The molecule has 0 saturated heterocycles. The van der Waals surface area contributed by atoms with E-state index in [0.29, 0.717) is 23.7 Å². The van der Waals surface area contributed by atoms with E-state index in [1.54, 1.807) is 11.3 Å². The lowest BCUT2D eigenvalue weighted by Crippen LogP contribution is -2.31. The number of methoxy groups -OCH3 is 1. The first-order valence-electron chi connectivity index (χ1n) is 7.75. The van der Waals surface area contributed by atoms with E-state index < -0.39 is 0 Å². The van der Waals surface area contributed by atoms with Gasteiger partial charge >= 0.3 is 5.97 Å². The standard InChI is InChI=1S/C17H18N2O3S/c1-9-13(17(21)22-2)15(12-4-3-7-23-12)14-11(18-9)8-19(16(14)20)10-5-6-10/h3-4,7,10,15,18H,5-6,8H2,1-2H3. The fraction of sp³-hybridized carbons (Fsp3) is 0.412. The van der Waals surface area contributed by atoms with Crippen LogP contribution in [0.5, 0.6) is 0 Å². The Bertz CT molecular complexity index is 744. The maximum Gasteiger partial charge on any atom is 0.336 e. The van der Waals surface area contributed by atoms with Crippen LogP contribution in [0.4, 0.5) is 0 Å². The summed E-state index contributed by atoms with van der Waals surface area (Å²) < 4.78 is 4.98. The van der Waals surface area contributed by atoms with Crippen LogP contribution in [-0.2, 0) is 14.3 Å². The summed E-state index contributed by atoms with van der Waals surface area (Å²) in [7, 11) is 1.38. The summed E-state index contributed by atoms with van der Waals surface area (Å²) in [6.07, 6.45) is 2.15. The molecular weight excluding hydrogens is 312 g/mol. The van der Waals surface area contributed by atoms with E-state index in [4.69, 9.17) is 4.74 Å². The molecule has 4 rings (SSSR count). The molecule has 1 amide bonds. The predicted octanol–water partition coefficient (Wildman–Crippen LogP) is 2.14. The van der Waals surface area contributed by atoms with E-state index in [0.717, 1.165) is 29.1 Å². The van der Waals surface area contributed by atoms with Gasteiger partial charge in [0.25, 0.3) is 5.91 Å². The number of nitrogens with one attached hydrogen (secondary N) is 1. The van der Waals surface area contributed by atoms with Crippen LogP contribution in [0.1, 0.15) is 30.6 Å². The maximum atomic E-state index is 12.9. The summed E-state index contributed by atoms with van der Waals surface area (Å²) in [6.45, 7) is 2.49. The number of dihydropyridines is 1. The highest BCUT2D eigenvalue weighted by Crippen LogP contribution is 2.45. The highest BCUT2D eigenvalue weighted by Gasteiger charge is 2.47. The SMILES string of the molecule is COC(=O)C1=C(C)NC2=C(C(=O)N(C3CC3)C2)C1c1cccs1. The summed E-state index contributed by atoms with van der Waals surface area (Å²) in [6, 6.07) is 4.29.